The molecule has 0 saturated heterocycles. The quantitative estimate of drug-likeness (QED) is 0.672. The number of aliphatic hydroxyl groups excluding tert-OH is 1. The van der Waals surface area contributed by atoms with Crippen LogP contribution in [0.15, 0.2) is 24.3 Å². The maximum Gasteiger partial charge on any atom is 0.250 e. The number of aliphatic hydroxyl groups is 1. The zero-order valence-corrected chi connectivity index (χ0v) is 12.8. The number of hydrogen-bond acceptors (Lipinski definition) is 3. The highest BCUT2D eigenvalue weighted by molar-refractivity contribution is 6.74. The fourth-order valence-electron chi connectivity index (χ4n) is 1.30. The molecule has 0 fully saturated rings. The van der Waals surface area contributed by atoms with Gasteiger partial charge in [0.15, 0.2) is 5.78 Å². The van der Waals surface area contributed by atoms with Gasteiger partial charge in [-0.15, -0.1) is 0 Å². The van der Waals surface area contributed by atoms with Gasteiger partial charge < -0.3 is 9.53 Å². The molecule has 0 aliphatic carbocycles. The summed E-state index contributed by atoms with van der Waals surface area (Å²) in [7, 11) is -1.97. The smallest absolute Gasteiger partial charge is 0.250 e. The average Bonchev–Trinajstić information content (AvgIpc) is 2.26. The summed E-state index contributed by atoms with van der Waals surface area (Å²) in [4.78, 5) is 11.7. The summed E-state index contributed by atoms with van der Waals surface area (Å²) >= 11 is 0. The van der Waals surface area contributed by atoms with Gasteiger partial charge >= 0.3 is 0 Å². The first kappa shape index (κ1) is 14.9. The molecule has 100 valence electrons. The Morgan fingerprint density at radius 1 is 1.28 bits per heavy atom. The lowest BCUT2D eigenvalue weighted by atomic mass is 10.1. The Balaban J connectivity index is 3.09. The molecule has 1 aromatic carbocycles. The molecule has 0 radical (unpaired) electrons. The molecule has 1 aromatic rings. The Hall–Kier alpha value is -1.13. The molecule has 0 aliphatic rings. The molecular weight excluding hydrogens is 244 g/mol. The average molecular weight is 266 g/mol. The molecule has 3 nitrogen and oxygen atoms in total. The van der Waals surface area contributed by atoms with Crippen LogP contribution in [-0.4, -0.2) is 25.8 Å². The topological polar surface area (TPSA) is 46.5 Å². The van der Waals surface area contributed by atoms with E-state index >= 15 is 0 Å². The van der Waals surface area contributed by atoms with E-state index in [0.717, 1.165) is 0 Å². The number of benzene rings is 1. The lowest BCUT2D eigenvalue weighted by Crippen LogP contribution is -2.44. The fraction of sp³-hybridized carbons (Fsp3) is 0.500. The fourth-order valence-corrected chi connectivity index (χ4v) is 2.33. The second kappa shape index (κ2) is 5.24. The van der Waals surface area contributed by atoms with Crippen LogP contribution >= 0.6 is 0 Å². The summed E-state index contributed by atoms with van der Waals surface area (Å²) in [6, 6.07) is 7.11. The second-order valence-electron chi connectivity index (χ2n) is 5.94. The molecule has 1 rings (SSSR count). The summed E-state index contributed by atoms with van der Waals surface area (Å²) in [5.41, 5.74) is 0.463. The SMILES string of the molecule is CC(C)(C)[Si](C)(C)Oc1ccccc1C(=O)CO. The summed E-state index contributed by atoms with van der Waals surface area (Å²) in [5.74, 6) is 0.285. The van der Waals surface area contributed by atoms with E-state index in [1.54, 1.807) is 18.2 Å². The number of rotatable bonds is 4. The number of para-hydroxylation sites is 1. The van der Waals surface area contributed by atoms with Gasteiger partial charge in [0.05, 0.1) is 5.56 Å². The minimum atomic E-state index is -1.97. The summed E-state index contributed by atoms with van der Waals surface area (Å²) in [6.07, 6.45) is 0. The van der Waals surface area contributed by atoms with E-state index in [1.165, 1.54) is 0 Å². The van der Waals surface area contributed by atoms with Crippen LogP contribution in [0.1, 0.15) is 31.1 Å². The monoisotopic (exact) mass is 266 g/mol. The molecule has 0 unspecified atom stereocenters. The van der Waals surface area contributed by atoms with E-state index in [-0.39, 0.29) is 10.8 Å². The van der Waals surface area contributed by atoms with E-state index in [2.05, 4.69) is 33.9 Å². The van der Waals surface area contributed by atoms with Gasteiger partial charge in [-0.05, 0) is 30.3 Å². The maximum absolute atomic E-state index is 11.7. The Labute approximate surface area is 110 Å². The molecule has 0 aliphatic heterocycles. The Bertz CT molecular complexity index is 433. The Morgan fingerprint density at radius 3 is 2.33 bits per heavy atom. The van der Waals surface area contributed by atoms with Crippen molar-refractivity contribution in [2.45, 2.75) is 38.9 Å². The van der Waals surface area contributed by atoms with Gasteiger partial charge in [0, 0.05) is 0 Å². The molecule has 0 amide bonds. The standard InChI is InChI=1S/C14H22O3Si/c1-14(2,3)18(4,5)17-13-9-7-6-8-11(13)12(16)10-15/h6-9,15H,10H2,1-5H3. The van der Waals surface area contributed by atoms with Crippen LogP contribution in [0.25, 0.3) is 0 Å². The van der Waals surface area contributed by atoms with Crippen LogP contribution in [0.5, 0.6) is 5.75 Å². The highest BCUT2D eigenvalue weighted by Gasteiger charge is 2.39. The summed E-state index contributed by atoms with van der Waals surface area (Å²) in [6.45, 7) is 10.2. The molecule has 1 N–H and O–H groups in total. The van der Waals surface area contributed by atoms with Crippen LogP contribution < -0.4 is 4.43 Å². The van der Waals surface area contributed by atoms with Crippen molar-refractivity contribution in [1.29, 1.82) is 0 Å². The van der Waals surface area contributed by atoms with Crippen molar-refractivity contribution in [2.24, 2.45) is 0 Å². The largest absolute Gasteiger partial charge is 0.543 e. The second-order valence-corrected chi connectivity index (χ2v) is 10.7. The molecule has 18 heavy (non-hydrogen) atoms. The highest BCUT2D eigenvalue weighted by atomic mass is 28.4. The van der Waals surface area contributed by atoms with Gasteiger partial charge in [0.25, 0.3) is 8.32 Å². The lowest BCUT2D eigenvalue weighted by molar-refractivity contribution is 0.0902. The van der Waals surface area contributed by atoms with E-state index in [9.17, 15) is 4.79 Å². The first-order chi connectivity index (χ1) is 8.19. The van der Waals surface area contributed by atoms with E-state index in [1.807, 2.05) is 6.07 Å². The summed E-state index contributed by atoms with van der Waals surface area (Å²) < 4.78 is 6.13. The number of ketones is 1. The van der Waals surface area contributed by atoms with Crippen molar-refractivity contribution in [3.63, 3.8) is 0 Å². The van der Waals surface area contributed by atoms with Gasteiger partial charge in [0.2, 0.25) is 0 Å². The van der Waals surface area contributed by atoms with Crippen molar-refractivity contribution < 1.29 is 14.3 Å². The predicted octanol–water partition coefficient (Wildman–Crippen LogP) is 3.25. The van der Waals surface area contributed by atoms with Crippen molar-refractivity contribution >= 4 is 14.1 Å². The minimum absolute atomic E-state index is 0.0718. The zero-order valence-electron chi connectivity index (χ0n) is 11.8. The number of hydrogen-bond donors (Lipinski definition) is 1. The third kappa shape index (κ3) is 3.20. The van der Waals surface area contributed by atoms with Gasteiger partial charge in [-0.1, -0.05) is 32.9 Å². The predicted molar refractivity (Wildman–Crippen MR) is 75.7 cm³/mol. The maximum atomic E-state index is 11.7. The molecule has 0 spiro atoms. The Morgan fingerprint density at radius 2 is 1.83 bits per heavy atom. The Kier molecular flexibility index (Phi) is 4.35. The van der Waals surface area contributed by atoms with E-state index < -0.39 is 14.9 Å². The number of carbonyl (C=O) groups is 1. The zero-order chi connectivity index (χ0) is 14.0. The molecule has 0 saturated carbocycles. The third-order valence-electron chi connectivity index (χ3n) is 3.50. The highest BCUT2D eigenvalue weighted by Crippen LogP contribution is 2.38. The van der Waals surface area contributed by atoms with Crippen LogP contribution in [0.3, 0.4) is 0 Å². The molecule has 0 atom stereocenters. The van der Waals surface area contributed by atoms with Crippen LogP contribution in [-0.2, 0) is 0 Å². The third-order valence-corrected chi connectivity index (χ3v) is 7.84. The van der Waals surface area contributed by atoms with Gasteiger partial charge in [-0.2, -0.15) is 0 Å². The van der Waals surface area contributed by atoms with E-state index in [4.69, 9.17) is 9.53 Å². The number of carbonyl (C=O) groups excluding carboxylic acids is 1. The first-order valence-corrected chi connectivity index (χ1v) is 9.02. The normalized spacial score (nSPS) is 12.3. The van der Waals surface area contributed by atoms with Crippen LogP contribution in [0.4, 0.5) is 0 Å². The molecular formula is C14H22O3Si. The van der Waals surface area contributed by atoms with E-state index in [0.29, 0.717) is 11.3 Å². The van der Waals surface area contributed by atoms with Crippen LogP contribution in [0.2, 0.25) is 18.1 Å². The first-order valence-electron chi connectivity index (χ1n) is 6.11. The van der Waals surface area contributed by atoms with Gasteiger partial charge in [-0.3, -0.25) is 4.79 Å². The lowest BCUT2D eigenvalue weighted by Gasteiger charge is -2.36. The molecule has 4 heteroatoms. The van der Waals surface area contributed by atoms with Crippen molar-refractivity contribution in [3.8, 4) is 5.75 Å². The van der Waals surface area contributed by atoms with Crippen molar-refractivity contribution in [1.82, 2.24) is 0 Å². The number of Topliss-reactive ketones (excluding diaryl/α,β-unsaturated/α-hetero) is 1. The van der Waals surface area contributed by atoms with Gasteiger partial charge in [0.1, 0.15) is 12.4 Å². The van der Waals surface area contributed by atoms with Crippen molar-refractivity contribution in [3.05, 3.63) is 29.8 Å². The minimum Gasteiger partial charge on any atom is -0.543 e. The summed E-state index contributed by atoms with van der Waals surface area (Å²) in [5, 5.41) is 9.05. The molecule has 0 bridgehead atoms. The van der Waals surface area contributed by atoms with Crippen molar-refractivity contribution in [2.75, 3.05) is 6.61 Å². The van der Waals surface area contributed by atoms with Gasteiger partial charge in [-0.25, -0.2) is 0 Å². The molecule has 0 heterocycles. The molecule has 0 aromatic heterocycles. The van der Waals surface area contributed by atoms with Crippen LogP contribution in [0, 0.1) is 0 Å².